The van der Waals surface area contributed by atoms with Gasteiger partial charge in [-0.25, -0.2) is 0 Å². The van der Waals surface area contributed by atoms with Gasteiger partial charge in [0.1, 0.15) is 0 Å². The summed E-state index contributed by atoms with van der Waals surface area (Å²) in [5, 5.41) is 0. The van der Waals surface area contributed by atoms with Gasteiger partial charge in [-0.3, -0.25) is 0 Å². The third kappa shape index (κ3) is 24.5. The van der Waals surface area contributed by atoms with E-state index in [1.807, 2.05) is 0 Å². The summed E-state index contributed by atoms with van der Waals surface area (Å²) in [4.78, 5) is 0. The Balaban J connectivity index is 0. The van der Waals surface area contributed by atoms with E-state index >= 15 is 0 Å². The van der Waals surface area contributed by atoms with Crippen LogP contribution >= 0.6 is 0 Å². The summed E-state index contributed by atoms with van der Waals surface area (Å²) in [5.41, 5.74) is 0. The molecule has 0 fully saturated rings. The van der Waals surface area contributed by atoms with E-state index in [4.69, 9.17) is 0 Å². The van der Waals surface area contributed by atoms with Crippen LogP contribution in [0.4, 0.5) is 0 Å². The third-order valence-electron chi connectivity index (χ3n) is 1.27. The Bertz CT molecular complexity index is 35.3. The Hall–Kier alpha value is 0. The van der Waals surface area contributed by atoms with Crippen molar-refractivity contribution in [3.05, 3.63) is 6.42 Å². The molecule has 10 heavy (non-hydrogen) atoms. The second kappa shape index (κ2) is 11.8. The Morgan fingerprint density at radius 3 is 1.60 bits per heavy atom. The van der Waals surface area contributed by atoms with Crippen LogP contribution in [0.3, 0.4) is 0 Å². The van der Waals surface area contributed by atoms with Crippen molar-refractivity contribution in [3.8, 4) is 0 Å². The molecule has 0 aliphatic heterocycles. The first-order valence-electron chi connectivity index (χ1n) is 4.46. The molecule has 0 aromatic heterocycles. The van der Waals surface area contributed by atoms with Crippen molar-refractivity contribution in [2.45, 2.75) is 53.9 Å². The van der Waals surface area contributed by atoms with Gasteiger partial charge in [-0.2, -0.15) is 0 Å². The summed E-state index contributed by atoms with van der Waals surface area (Å²) < 4.78 is 0. The average molecular weight is 143 g/mol. The number of hydrogen-bond donors (Lipinski definition) is 0. The average Bonchev–Trinajstić information content (AvgIpc) is 1.89. The monoisotopic (exact) mass is 143 g/mol. The molecular formula is C10H23. The number of rotatable bonds is 3. The van der Waals surface area contributed by atoms with Gasteiger partial charge in [0.15, 0.2) is 0 Å². The molecule has 0 aliphatic carbocycles. The van der Waals surface area contributed by atoms with Gasteiger partial charge < -0.3 is 0 Å². The highest BCUT2D eigenvalue weighted by molar-refractivity contribution is 4.45. The third-order valence-corrected chi connectivity index (χ3v) is 1.27. The van der Waals surface area contributed by atoms with E-state index in [1.54, 1.807) is 0 Å². The highest BCUT2D eigenvalue weighted by atomic mass is 13.9. The summed E-state index contributed by atoms with van der Waals surface area (Å²) in [6, 6.07) is 0. The first-order chi connectivity index (χ1) is 4.68. The van der Waals surface area contributed by atoms with Gasteiger partial charge in [0.25, 0.3) is 0 Å². The molecule has 0 aliphatic rings. The molecule has 0 aromatic carbocycles. The van der Waals surface area contributed by atoms with Gasteiger partial charge in [-0.1, -0.05) is 53.9 Å². The van der Waals surface area contributed by atoms with E-state index in [9.17, 15) is 0 Å². The molecule has 63 valence electrons. The SMILES string of the molecule is CCCC(C)C.C[CH]CC. The molecule has 0 unspecified atom stereocenters. The van der Waals surface area contributed by atoms with Crippen molar-refractivity contribution in [1.29, 1.82) is 0 Å². The fourth-order valence-electron chi connectivity index (χ4n) is 0.577. The maximum absolute atomic E-state index is 2.25. The maximum Gasteiger partial charge on any atom is -0.0420 e. The molecule has 0 saturated heterocycles. The van der Waals surface area contributed by atoms with E-state index in [1.165, 1.54) is 19.3 Å². The van der Waals surface area contributed by atoms with Crippen LogP contribution in [-0.4, -0.2) is 0 Å². The van der Waals surface area contributed by atoms with Gasteiger partial charge in [0.2, 0.25) is 0 Å². The van der Waals surface area contributed by atoms with Crippen LogP contribution in [0.1, 0.15) is 53.9 Å². The van der Waals surface area contributed by atoms with Gasteiger partial charge in [0.05, 0.1) is 0 Å². The topological polar surface area (TPSA) is 0 Å². The van der Waals surface area contributed by atoms with E-state index in [2.05, 4.69) is 41.0 Å². The largest absolute Gasteiger partial charge is 0.0654 e. The predicted molar refractivity (Wildman–Crippen MR) is 50.0 cm³/mol. The molecule has 0 bridgehead atoms. The summed E-state index contributed by atoms with van der Waals surface area (Å²) in [5.74, 6) is 0.898. The van der Waals surface area contributed by atoms with Crippen LogP contribution in [0.5, 0.6) is 0 Å². The minimum absolute atomic E-state index is 0.898. The molecule has 0 heteroatoms. The Morgan fingerprint density at radius 1 is 1.20 bits per heavy atom. The highest BCUT2D eigenvalue weighted by Gasteiger charge is 1.85. The van der Waals surface area contributed by atoms with Crippen molar-refractivity contribution >= 4 is 0 Å². The van der Waals surface area contributed by atoms with Gasteiger partial charge >= 0.3 is 0 Å². The Labute approximate surface area is 67.0 Å². The van der Waals surface area contributed by atoms with Crippen LogP contribution in [0.25, 0.3) is 0 Å². The first-order valence-corrected chi connectivity index (χ1v) is 4.46. The number of unbranched alkanes of at least 4 members (excludes halogenated alkanes) is 1. The quantitative estimate of drug-likeness (QED) is 0.559. The molecule has 0 atom stereocenters. The van der Waals surface area contributed by atoms with Crippen molar-refractivity contribution in [3.63, 3.8) is 0 Å². The molecule has 0 saturated carbocycles. The fourth-order valence-corrected chi connectivity index (χ4v) is 0.577. The fraction of sp³-hybridized carbons (Fsp3) is 0.900. The van der Waals surface area contributed by atoms with E-state index in [-0.39, 0.29) is 0 Å². The molecule has 0 aromatic rings. The normalized spacial score (nSPS) is 9.00. The lowest BCUT2D eigenvalue weighted by Gasteiger charge is -1.95. The summed E-state index contributed by atoms with van der Waals surface area (Å²) in [6.45, 7) is 10.9. The van der Waals surface area contributed by atoms with Gasteiger partial charge in [-0.15, -0.1) is 0 Å². The van der Waals surface area contributed by atoms with Crippen LogP contribution in [-0.2, 0) is 0 Å². The minimum Gasteiger partial charge on any atom is -0.0654 e. The molecular weight excluding hydrogens is 120 g/mol. The van der Waals surface area contributed by atoms with Crippen LogP contribution in [0.2, 0.25) is 0 Å². The molecule has 0 amide bonds. The summed E-state index contributed by atoms with van der Waals surface area (Å²) in [7, 11) is 0. The van der Waals surface area contributed by atoms with Crippen molar-refractivity contribution in [2.75, 3.05) is 0 Å². The lowest BCUT2D eigenvalue weighted by atomic mass is 10.1. The Kier molecular flexibility index (Phi) is 14.9. The van der Waals surface area contributed by atoms with Crippen molar-refractivity contribution in [1.82, 2.24) is 0 Å². The lowest BCUT2D eigenvalue weighted by molar-refractivity contribution is 0.576. The van der Waals surface area contributed by atoms with E-state index in [0.29, 0.717) is 0 Å². The van der Waals surface area contributed by atoms with E-state index < -0.39 is 0 Å². The van der Waals surface area contributed by atoms with Crippen molar-refractivity contribution in [2.24, 2.45) is 5.92 Å². The Morgan fingerprint density at radius 2 is 1.60 bits per heavy atom. The summed E-state index contributed by atoms with van der Waals surface area (Å²) in [6.07, 6.45) is 6.03. The van der Waals surface area contributed by atoms with Crippen LogP contribution in [0.15, 0.2) is 0 Å². The van der Waals surface area contributed by atoms with E-state index in [0.717, 1.165) is 5.92 Å². The molecule has 0 rings (SSSR count). The molecule has 0 N–H and O–H groups in total. The smallest absolute Gasteiger partial charge is 0.0420 e. The highest BCUT2D eigenvalue weighted by Crippen LogP contribution is 2.00. The summed E-state index contributed by atoms with van der Waals surface area (Å²) >= 11 is 0. The molecule has 0 spiro atoms. The van der Waals surface area contributed by atoms with Gasteiger partial charge in [0, 0.05) is 0 Å². The molecule has 0 nitrogen and oxygen atoms in total. The minimum atomic E-state index is 0.898. The zero-order valence-electron chi connectivity index (χ0n) is 8.28. The maximum atomic E-state index is 2.25. The first kappa shape index (κ1) is 12.7. The number of hydrogen-bond acceptors (Lipinski definition) is 0. The predicted octanol–water partition coefficient (Wildman–Crippen LogP) is 4.06. The zero-order valence-corrected chi connectivity index (χ0v) is 8.28. The van der Waals surface area contributed by atoms with Crippen LogP contribution < -0.4 is 0 Å². The zero-order chi connectivity index (χ0) is 8.41. The standard InChI is InChI=1S/C6H14.C4H9/c1-4-5-6(2)3;1-3-4-2/h6H,4-5H2,1-3H3;3H,4H2,1-2H3. The second-order valence-electron chi connectivity index (χ2n) is 3.00. The molecule has 1 radical (unpaired) electrons. The molecule has 0 heterocycles. The van der Waals surface area contributed by atoms with Gasteiger partial charge in [-0.05, 0) is 12.3 Å². The lowest BCUT2D eigenvalue weighted by Crippen LogP contribution is -1.81. The van der Waals surface area contributed by atoms with Crippen LogP contribution in [0, 0.1) is 12.3 Å². The van der Waals surface area contributed by atoms with Crippen molar-refractivity contribution < 1.29 is 0 Å². The second-order valence-corrected chi connectivity index (χ2v) is 3.00.